The van der Waals surface area contributed by atoms with Gasteiger partial charge in [-0.25, -0.2) is 0 Å². The van der Waals surface area contributed by atoms with E-state index in [0.29, 0.717) is 26.4 Å². The molecule has 0 atom stereocenters. The summed E-state index contributed by atoms with van der Waals surface area (Å²) in [5, 5.41) is 0. The number of halogens is 3. The zero-order valence-corrected chi connectivity index (χ0v) is 11.2. The number of hydrogen-bond acceptors (Lipinski definition) is 5. The van der Waals surface area contributed by atoms with Gasteiger partial charge in [-0.1, -0.05) is 0 Å². The van der Waals surface area contributed by atoms with Gasteiger partial charge in [-0.3, -0.25) is 4.90 Å². The van der Waals surface area contributed by atoms with E-state index in [1.54, 1.807) is 7.11 Å². The van der Waals surface area contributed by atoms with Crippen LogP contribution in [0.1, 0.15) is 0 Å². The van der Waals surface area contributed by atoms with Crippen molar-refractivity contribution >= 4 is 0 Å². The monoisotopic (exact) mass is 288 g/mol. The van der Waals surface area contributed by atoms with E-state index in [1.807, 2.05) is 0 Å². The van der Waals surface area contributed by atoms with E-state index in [9.17, 15) is 13.2 Å². The van der Waals surface area contributed by atoms with E-state index < -0.39 is 12.7 Å². The van der Waals surface area contributed by atoms with Gasteiger partial charge in [-0.05, 0) is 0 Å². The molecule has 0 aliphatic heterocycles. The summed E-state index contributed by atoms with van der Waals surface area (Å²) in [7, 11) is 1.58. The first kappa shape index (κ1) is 18.6. The summed E-state index contributed by atoms with van der Waals surface area (Å²) in [4.78, 5) is 1.23. The Balaban J connectivity index is 3.53. The molecule has 5 nitrogen and oxygen atoms in total. The van der Waals surface area contributed by atoms with Gasteiger partial charge in [0, 0.05) is 26.7 Å². The molecule has 19 heavy (non-hydrogen) atoms. The fourth-order valence-electron chi connectivity index (χ4n) is 1.36. The molecular weight excluding hydrogens is 265 g/mol. The van der Waals surface area contributed by atoms with E-state index in [-0.39, 0.29) is 26.2 Å². The molecule has 0 spiro atoms. The fourth-order valence-corrected chi connectivity index (χ4v) is 1.36. The van der Waals surface area contributed by atoms with Crippen LogP contribution in [0.2, 0.25) is 0 Å². The SMILES string of the molecule is COCCOCCOCCN(CCN)CC(F)(F)F. The van der Waals surface area contributed by atoms with Crippen LogP contribution in [0, 0.1) is 0 Å². The van der Waals surface area contributed by atoms with Crippen molar-refractivity contribution in [3.63, 3.8) is 0 Å². The maximum atomic E-state index is 12.2. The number of ether oxygens (including phenoxy) is 3. The molecule has 0 bridgehead atoms. The molecule has 0 amide bonds. The predicted molar refractivity (Wildman–Crippen MR) is 65.1 cm³/mol. The van der Waals surface area contributed by atoms with E-state index in [1.165, 1.54) is 4.90 Å². The van der Waals surface area contributed by atoms with E-state index >= 15 is 0 Å². The number of nitrogens with zero attached hydrogens (tertiary/aromatic N) is 1. The maximum Gasteiger partial charge on any atom is 0.401 e. The second-order valence-corrected chi connectivity index (χ2v) is 3.90. The van der Waals surface area contributed by atoms with Gasteiger partial charge in [0.05, 0.1) is 39.6 Å². The summed E-state index contributed by atoms with van der Waals surface area (Å²) in [5.41, 5.74) is 5.27. The third kappa shape index (κ3) is 13.8. The summed E-state index contributed by atoms with van der Waals surface area (Å²) in [6.07, 6.45) is -4.21. The van der Waals surface area contributed by atoms with Crippen LogP contribution < -0.4 is 5.73 Å². The molecule has 2 N–H and O–H groups in total. The minimum atomic E-state index is -4.21. The third-order valence-electron chi connectivity index (χ3n) is 2.20. The first-order chi connectivity index (χ1) is 8.99. The highest BCUT2D eigenvalue weighted by Crippen LogP contribution is 2.15. The molecule has 0 aliphatic rings. The Hall–Kier alpha value is -0.410. The van der Waals surface area contributed by atoms with Crippen molar-refractivity contribution in [3.05, 3.63) is 0 Å². The normalized spacial score (nSPS) is 12.3. The topological polar surface area (TPSA) is 57.0 Å². The van der Waals surface area contributed by atoms with Gasteiger partial charge in [-0.15, -0.1) is 0 Å². The average molecular weight is 288 g/mol. The Morgan fingerprint density at radius 2 is 1.53 bits per heavy atom. The predicted octanol–water partition coefficient (Wildman–Crippen LogP) is 0.489. The molecule has 0 aromatic rings. The van der Waals surface area contributed by atoms with Crippen LogP contribution in [-0.2, 0) is 14.2 Å². The maximum absolute atomic E-state index is 12.2. The first-order valence-electron chi connectivity index (χ1n) is 6.13. The molecule has 116 valence electrons. The summed E-state index contributed by atoms with van der Waals surface area (Å²) in [6, 6.07) is 0. The van der Waals surface area contributed by atoms with Crippen LogP contribution >= 0.6 is 0 Å². The van der Waals surface area contributed by atoms with Crippen LogP contribution in [0.15, 0.2) is 0 Å². The molecule has 0 fully saturated rings. The molecular formula is C11H23F3N2O3. The molecule has 0 aromatic carbocycles. The van der Waals surface area contributed by atoms with Crippen LogP contribution in [0.25, 0.3) is 0 Å². The van der Waals surface area contributed by atoms with Gasteiger partial charge < -0.3 is 19.9 Å². The number of rotatable bonds is 12. The Morgan fingerprint density at radius 3 is 2.05 bits per heavy atom. The summed E-state index contributed by atoms with van der Waals surface area (Å²) in [5.74, 6) is 0. The first-order valence-corrected chi connectivity index (χ1v) is 6.13. The number of hydrogen-bond donors (Lipinski definition) is 1. The van der Waals surface area contributed by atoms with Gasteiger partial charge >= 0.3 is 6.18 Å². The molecule has 0 rings (SSSR count). The van der Waals surface area contributed by atoms with Gasteiger partial charge in [0.2, 0.25) is 0 Å². The molecule has 8 heteroatoms. The molecule has 0 radical (unpaired) electrons. The van der Waals surface area contributed by atoms with Crippen LogP contribution in [0.4, 0.5) is 13.2 Å². The lowest BCUT2D eigenvalue weighted by Gasteiger charge is -2.22. The Labute approximate surface area is 111 Å². The lowest BCUT2D eigenvalue weighted by molar-refractivity contribution is -0.147. The Morgan fingerprint density at radius 1 is 0.947 bits per heavy atom. The van der Waals surface area contributed by atoms with Crippen molar-refractivity contribution in [2.24, 2.45) is 5.73 Å². The average Bonchev–Trinajstić information content (AvgIpc) is 2.31. The third-order valence-corrected chi connectivity index (χ3v) is 2.20. The van der Waals surface area contributed by atoms with Crippen molar-refractivity contribution in [1.82, 2.24) is 4.90 Å². The van der Waals surface area contributed by atoms with Crippen molar-refractivity contribution in [3.8, 4) is 0 Å². The summed E-state index contributed by atoms with van der Waals surface area (Å²) in [6.45, 7) is 1.61. The summed E-state index contributed by atoms with van der Waals surface area (Å²) >= 11 is 0. The fraction of sp³-hybridized carbons (Fsp3) is 1.00. The largest absolute Gasteiger partial charge is 0.401 e. The van der Waals surface area contributed by atoms with Gasteiger partial charge in [0.15, 0.2) is 0 Å². The smallest absolute Gasteiger partial charge is 0.382 e. The van der Waals surface area contributed by atoms with Crippen molar-refractivity contribution < 1.29 is 27.4 Å². The van der Waals surface area contributed by atoms with Crippen molar-refractivity contribution in [1.29, 1.82) is 0 Å². The summed E-state index contributed by atoms with van der Waals surface area (Å²) < 4.78 is 51.8. The number of alkyl halides is 3. The highest BCUT2D eigenvalue weighted by Gasteiger charge is 2.30. The molecule has 0 aromatic heterocycles. The van der Waals surface area contributed by atoms with Crippen LogP contribution in [-0.4, -0.2) is 77.4 Å². The Bertz CT molecular complexity index is 206. The minimum Gasteiger partial charge on any atom is -0.382 e. The standard InChI is InChI=1S/C11H23F3N2O3/c1-17-6-7-19-9-8-18-5-4-16(3-2-15)10-11(12,13)14/h2-10,15H2,1H3. The highest BCUT2D eigenvalue weighted by molar-refractivity contribution is 4.63. The lowest BCUT2D eigenvalue weighted by Crippen LogP contribution is -2.39. The van der Waals surface area contributed by atoms with Crippen molar-refractivity contribution in [2.45, 2.75) is 6.18 Å². The Kier molecular flexibility index (Phi) is 11.2. The van der Waals surface area contributed by atoms with Crippen LogP contribution in [0.5, 0.6) is 0 Å². The van der Waals surface area contributed by atoms with E-state index in [0.717, 1.165) is 0 Å². The second-order valence-electron chi connectivity index (χ2n) is 3.90. The second kappa shape index (κ2) is 11.4. The van der Waals surface area contributed by atoms with E-state index in [2.05, 4.69) is 0 Å². The number of methoxy groups -OCH3 is 1. The van der Waals surface area contributed by atoms with Crippen LogP contribution in [0.3, 0.4) is 0 Å². The quantitative estimate of drug-likeness (QED) is 0.530. The van der Waals surface area contributed by atoms with Gasteiger partial charge in [0.25, 0.3) is 0 Å². The lowest BCUT2D eigenvalue weighted by atomic mass is 10.4. The highest BCUT2D eigenvalue weighted by atomic mass is 19.4. The van der Waals surface area contributed by atoms with E-state index in [4.69, 9.17) is 19.9 Å². The molecule has 0 unspecified atom stereocenters. The zero-order chi connectivity index (χ0) is 14.6. The van der Waals surface area contributed by atoms with Gasteiger partial charge in [0.1, 0.15) is 0 Å². The molecule has 0 saturated heterocycles. The van der Waals surface area contributed by atoms with Gasteiger partial charge in [-0.2, -0.15) is 13.2 Å². The molecule has 0 heterocycles. The molecule has 0 saturated carbocycles. The minimum absolute atomic E-state index is 0.191. The van der Waals surface area contributed by atoms with Crippen molar-refractivity contribution in [2.75, 3.05) is 66.3 Å². The molecule has 0 aliphatic carbocycles. The zero-order valence-electron chi connectivity index (χ0n) is 11.2. The number of nitrogens with two attached hydrogens (primary N) is 1.